The van der Waals surface area contributed by atoms with Gasteiger partial charge in [0.05, 0.1) is 10.8 Å². The molecule has 0 saturated heterocycles. The van der Waals surface area contributed by atoms with Crippen LogP contribution in [0.5, 0.6) is 0 Å². The van der Waals surface area contributed by atoms with Crippen LogP contribution in [0.4, 0.5) is 0 Å². The fourth-order valence-corrected chi connectivity index (χ4v) is 4.65. The molecule has 1 aromatic carbocycles. The van der Waals surface area contributed by atoms with E-state index in [9.17, 15) is 4.79 Å². The van der Waals surface area contributed by atoms with Gasteiger partial charge in [-0.15, -0.1) is 10.2 Å². The van der Waals surface area contributed by atoms with Crippen LogP contribution in [0, 0.1) is 13.8 Å². The van der Waals surface area contributed by atoms with Crippen LogP contribution in [0.2, 0.25) is 5.02 Å². The molecule has 6 nitrogen and oxygen atoms in total. The van der Waals surface area contributed by atoms with E-state index in [1.54, 1.807) is 7.11 Å². The van der Waals surface area contributed by atoms with Gasteiger partial charge in [-0.3, -0.25) is 4.79 Å². The van der Waals surface area contributed by atoms with Gasteiger partial charge in [-0.2, -0.15) is 0 Å². The number of nitrogens with zero attached hydrogens (tertiary/aromatic N) is 4. The molecule has 160 valence electrons. The van der Waals surface area contributed by atoms with Crippen LogP contribution in [-0.4, -0.2) is 44.6 Å². The minimum absolute atomic E-state index is 0.0959. The van der Waals surface area contributed by atoms with Gasteiger partial charge >= 0.3 is 0 Å². The minimum Gasteiger partial charge on any atom is -0.385 e. The van der Waals surface area contributed by atoms with Crippen LogP contribution >= 0.6 is 23.4 Å². The van der Waals surface area contributed by atoms with E-state index < -0.39 is 0 Å². The lowest BCUT2D eigenvalue weighted by Crippen LogP contribution is -2.08. The number of benzene rings is 1. The molecule has 2 aromatic heterocycles. The molecule has 0 aliphatic heterocycles. The summed E-state index contributed by atoms with van der Waals surface area (Å²) in [6.07, 6.45) is 0.811. The predicted molar refractivity (Wildman–Crippen MR) is 122 cm³/mol. The van der Waals surface area contributed by atoms with E-state index in [0.29, 0.717) is 34.9 Å². The number of aromatic nitrogens is 4. The number of thioether (sulfide) groups is 1. The van der Waals surface area contributed by atoms with Crippen LogP contribution in [0.25, 0.3) is 11.4 Å². The van der Waals surface area contributed by atoms with Crippen LogP contribution in [-0.2, 0) is 17.8 Å². The highest BCUT2D eigenvalue weighted by molar-refractivity contribution is 7.99. The lowest BCUT2D eigenvalue weighted by Gasteiger charge is -2.11. The molecule has 0 saturated carbocycles. The van der Waals surface area contributed by atoms with Gasteiger partial charge in [-0.05, 0) is 45.4 Å². The molecule has 0 amide bonds. The Morgan fingerprint density at radius 1 is 1.20 bits per heavy atom. The Balaban J connectivity index is 1.83. The number of carbonyl (C=O) groups is 1. The molecule has 3 rings (SSSR count). The lowest BCUT2D eigenvalue weighted by molar-refractivity contribution is 0.102. The Morgan fingerprint density at radius 3 is 2.63 bits per heavy atom. The molecular weight excluding hydrogens is 420 g/mol. The molecule has 0 bridgehead atoms. The normalized spacial score (nSPS) is 11.2. The maximum atomic E-state index is 12.9. The molecule has 0 fully saturated rings. The van der Waals surface area contributed by atoms with E-state index in [-0.39, 0.29) is 5.78 Å². The van der Waals surface area contributed by atoms with Crippen molar-refractivity contribution in [3.8, 4) is 11.4 Å². The Hall–Kier alpha value is -2.09. The Bertz CT molecular complexity index is 1030. The van der Waals surface area contributed by atoms with Crippen LogP contribution in [0.3, 0.4) is 0 Å². The van der Waals surface area contributed by atoms with Gasteiger partial charge in [-0.1, -0.05) is 35.5 Å². The first kappa shape index (κ1) is 22.6. The van der Waals surface area contributed by atoms with E-state index in [1.165, 1.54) is 11.8 Å². The average Bonchev–Trinajstić information content (AvgIpc) is 3.26. The molecule has 0 radical (unpaired) electrons. The number of Topliss-reactive ketones (excluding diaryl/α,β-unsaturated/α-hetero) is 1. The van der Waals surface area contributed by atoms with Crippen LogP contribution in [0.15, 0.2) is 35.5 Å². The molecule has 0 aliphatic carbocycles. The average molecular weight is 447 g/mol. The third-order valence-corrected chi connectivity index (χ3v) is 6.38. The number of hydrogen-bond acceptors (Lipinski definition) is 5. The first-order valence-corrected chi connectivity index (χ1v) is 11.3. The van der Waals surface area contributed by atoms with Gasteiger partial charge < -0.3 is 13.9 Å². The number of ether oxygens (including phenoxy) is 1. The van der Waals surface area contributed by atoms with E-state index in [0.717, 1.165) is 35.5 Å². The summed E-state index contributed by atoms with van der Waals surface area (Å²) in [6, 6.07) is 9.55. The number of methoxy groups -OCH3 is 1. The monoisotopic (exact) mass is 446 g/mol. The molecule has 2 heterocycles. The number of halogens is 1. The zero-order valence-electron chi connectivity index (χ0n) is 17.8. The first-order valence-electron chi connectivity index (χ1n) is 9.97. The van der Waals surface area contributed by atoms with Gasteiger partial charge in [0.2, 0.25) is 0 Å². The SMILES string of the molecule is CCn1c(C)cc(C(=O)CSc2nnc(-c3ccccc3Cl)n2CCCOC)c1C. The molecule has 0 unspecified atom stereocenters. The van der Waals surface area contributed by atoms with E-state index >= 15 is 0 Å². The van der Waals surface area contributed by atoms with Crippen molar-refractivity contribution in [1.29, 1.82) is 0 Å². The van der Waals surface area contributed by atoms with Gasteiger partial charge in [0, 0.05) is 49.3 Å². The number of aryl methyl sites for hydroxylation is 1. The molecule has 8 heteroatoms. The van der Waals surface area contributed by atoms with Crippen LogP contribution < -0.4 is 0 Å². The molecule has 0 spiro atoms. The Morgan fingerprint density at radius 2 is 1.97 bits per heavy atom. The second-order valence-electron chi connectivity index (χ2n) is 7.02. The van der Waals surface area contributed by atoms with Crippen LogP contribution in [0.1, 0.15) is 35.1 Å². The van der Waals surface area contributed by atoms with E-state index in [4.69, 9.17) is 16.3 Å². The first-order chi connectivity index (χ1) is 14.5. The smallest absolute Gasteiger partial charge is 0.191 e. The minimum atomic E-state index is 0.0959. The van der Waals surface area contributed by atoms with E-state index in [1.807, 2.05) is 48.7 Å². The Labute approximate surface area is 186 Å². The van der Waals surface area contributed by atoms with Gasteiger partial charge in [0.15, 0.2) is 16.8 Å². The van der Waals surface area contributed by atoms with Crippen molar-refractivity contribution in [3.63, 3.8) is 0 Å². The summed E-state index contributed by atoms with van der Waals surface area (Å²) in [5, 5.41) is 10.1. The third-order valence-electron chi connectivity index (χ3n) is 5.08. The summed E-state index contributed by atoms with van der Waals surface area (Å²) in [5.74, 6) is 1.10. The van der Waals surface area contributed by atoms with Crippen molar-refractivity contribution >= 4 is 29.1 Å². The second kappa shape index (κ2) is 10.3. The maximum Gasteiger partial charge on any atom is 0.191 e. The highest BCUT2D eigenvalue weighted by Gasteiger charge is 2.19. The van der Waals surface area contributed by atoms with Crippen molar-refractivity contribution in [2.75, 3.05) is 19.5 Å². The largest absolute Gasteiger partial charge is 0.385 e. The fraction of sp³-hybridized carbons (Fsp3) is 0.409. The van der Waals surface area contributed by atoms with Crippen molar-refractivity contribution in [2.45, 2.75) is 45.4 Å². The molecule has 0 aliphatic rings. The van der Waals surface area contributed by atoms with Crippen molar-refractivity contribution in [3.05, 3.63) is 52.3 Å². The lowest BCUT2D eigenvalue weighted by atomic mass is 10.2. The highest BCUT2D eigenvalue weighted by atomic mass is 35.5. The predicted octanol–water partition coefficient (Wildman–Crippen LogP) is 5.05. The number of hydrogen-bond donors (Lipinski definition) is 0. The van der Waals surface area contributed by atoms with Crippen molar-refractivity contribution in [1.82, 2.24) is 19.3 Å². The second-order valence-corrected chi connectivity index (χ2v) is 8.37. The van der Waals surface area contributed by atoms with Gasteiger partial charge in [0.25, 0.3) is 0 Å². The Kier molecular flexibility index (Phi) is 7.75. The third kappa shape index (κ3) is 4.79. The number of ketones is 1. The van der Waals surface area contributed by atoms with Gasteiger partial charge in [-0.25, -0.2) is 0 Å². The summed E-state index contributed by atoms with van der Waals surface area (Å²) >= 11 is 7.80. The summed E-state index contributed by atoms with van der Waals surface area (Å²) in [5.41, 5.74) is 3.72. The maximum absolute atomic E-state index is 12.9. The summed E-state index contributed by atoms with van der Waals surface area (Å²) in [7, 11) is 1.68. The van der Waals surface area contributed by atoms with Crippen molar-refractivity contribution in [2.24, 2.45) is 0 Å². The molecule has 3 aromatic rings. The number of carbonyl (C=O) groups excluding carboxylic acids is 1. The zero-order valence-corrected chi connectivity index (χ0v) is 19.4. The standard InChI is InChI=1S/C22H27ClN4O2S/c1-5-26-15(2)13-18(16(26)3)20(28)14-30-22-25-24-21(27(22)11-8-12-29-4)17-9-6-7-10-19(17)23/h6-7,9-10,13H,5,8,11-12,14H2,1-4H3. The summed E-state index contributed by atoms with van der Waals surface area (Å²) in [4.78, 5) is 12.9. The van der Waals surface area contributed by atoms with Gasteiger partial charge in [0.1, 0.15) is 0 Å². The number of rotatable bonds is 10. The summed E-state index contributed by atoms with van der Waals surface area (Å²) in [6.45, 7) is 8.28. The quantitative estimate of drug-likeness (QED) is 0.248. The molecular formula is C22H27ClN4O2S. The van der Waals surface area contributed by atoms with Crippen molar-refractivity contribution < 1.29 is 9.53 Å². The van der Waals surface area contributed by atoms with E-state index in [2.05, 4.69) is 21.7 Å². The topological polar surface area (TPSA) is 61.9 Å². The fourth-order valence-electron chi connectivity index (χ4n) is 3.58. The zero-order chi connectivity index (χ0) is 21.7. The molecule has 0 N–H and O–H groups in total. The summed E-state index contributed by atoms with van der Waals surface area (Å²) < 4.78 is 9.37. The highest BCUT2D eigenvalue weighted by Crippen LogP contribution is 2.30. The molecule has 30 heavy (non-hydrogen) atoms. The molecule has 0 atom stereocenters.